The van der Waals surface area contributed by atoms with Gasteiger partial charge < -0.3 is 26.6 Å². The number of ketones is 1. The number of hydrogen-bond donors (Lipinski definition) is 3. The van der Waals surface area contributed by atoms with Crippen molar-refractivity contribution in [1.82, 2.24) is 20.7 Å². The number of carbonyl (C=O) groups excluding carboxylic acids is 3. The normalized spacial score (nSPS) is 16.3. The van der Waals surface area contributed by atoms with E-state index in [0.29, 0.717) is 17.0 Å². The molecule has 0 saturated heterocycles. The van der Waals surface area contributed by atoms with E-state index >= 15 is 0 Å². The molecule has 1 unspecified atom stereocenters. The van der Waals surface area contributed by atoms with Gasteiger partial charge in [0.2, 0.25) is 0 Å². The Morgan fingerprint density at radius 1 is 1.31 bits per heavy atom. The zero-order valence-corrected chi connectivity index (χ0v) is 20.2. The van der Waals surface area contributed by atoms with E-state index < -0.39 is 42.2 Å². The number of urea groups is 1. The first-order valence-corrected chi connectivity index (χ1v) is 9.48. The van der Waals surface area contributed by atoms with Crippen LogP contribution in [0.1, 0.15) is 30.9 Å². The number of benzene rings is 1. The van der Waals surface area contributed by atoms with Gasteiger partial charge in [0.25, 0.3) is 5.91 Å². The van der Waals surface area contributed by atoms with Crippen LogP contribution in [0.15, 0.2) is 41.1 Å². The summed E-state index contributed by atoms with van der Waals surface area (Å²) in [5.41, 5.74) is 2.76. The second-order valence-corrected chi connectivity index (χ2v) is 7.19. The summed E-state index contributed by atoms with van der Waals surface area (Å²) < 4.78 is 5.20. The maximum Gasteiger partial charge on any atom is 1.00 e. The molecule has 3 N–H and O–H groups in total. The van der Waals surface area contributed by atoms with Crippen molar-refractivity contribution in [3.05, 3.63) is 53.6 Å². The van der Waals surface area contributed by atoms with Gasteiger partial charge in [-0.3, -0.25) is 14.4 Å². The number of rotatable bonds is 6. The van der Waals surface area contributed by atoms with Gasteiger partial charge in [0.1, 0.15) is 5.76 Å². The van der Waals surface area contributed by atoms with E-state index in [1.54, 1.807) is 32.0 Å². The fourth-order valence-corrected chi connectivity index (χ4v) is 3.38. The van der Waals surface area contributed by atoms with Crippen LogP contribution in [-0.2, 0) is 14.4 Å². The number of likely N-dealkylation sites (N-methyl/N-ethyl adjacent to an activating group) is 1. The molecule has 3 amide bonds. The zero-order valence-electron chi connectivity index (χ0n) is 19.2. The van der Waals surface area contributed by atoms with Crippen molar-refractivity contribution in [2.45, 2.75) is 32.4 Å². The molecular weight excluding hydrogens is 427 g/mol. The number of amides is 3. The molecule has 1 aliphatic rings. The second kappa shape index (κ2) is 10.6. The number of aliphatic carboxylic acids is 1. The third-order valence-electron chi connectivity index (χ3n) is 4.91. The molecule has 11 heteroatoms. The van der Waals surface area contributed by atoms with E-state index in [4.69, 9.17) is 4.52 Å². The molecular formula is C21H23N4NaO6. The van der Waals surface area contributed by atoms with Gasteiger partial charge in [-0.15, -0.1) is 0 Å². The van der Waals surface area contributed by atoms with E-state index in [1.807, 2.05) is 6.07 Å². The van der Waals surface area contributed by atoms with E-state index in [2.05, 4.69) is 15.8 Å². The van der Waals surface area contributed by atoms with Crippen molar-refractivity contribution in [2.75, 3.05) is 7.05 Å². The van der Waals surface area contributed by atoms with Crippen molar-refractivity contribution < 1.29 is 59.8 Å². The molecule has 3 rings (SSSR count). The van der Waals surface area contributed by atoms with Crippen molar-refractivity contribution in [3.63, 3.8) is 0 Å². The average Bonchev–Trinajstić information content (AvgIpc) is 3.05. The van der Waals surface area contributed by atoms with Gasteiger partial charge in [0, 0.05) is 24.9 Å². The molecule has 2 heterocycles. The first kappa shape index (κ1) is 25.3. The van der Waals surface area contributed by atoms with Gasteiger partial charge in [-0.2, -0.15) is 0 Å². The van der Waals surface area contributed by atoms with Crippen molar-refractivity contribution in [2.24, 2.45) is 0 Å². The third-order valence-corrected chi connectivity index (χ3v) is 4.91. The quantitative estimate of drug-likeness (QED) is 0.371. The van der Waals surface area contributed by atoms with Crippen LogP contribution in [0.25, 0.3) is 11.1 Å². The Bertz CT molecular complexity index is 1070. The molecule has 164 valence electrons. The summed E-state index contributed by atoms with van der Waals surface area (Å²) in [5.74, 6) is -1.66. The van der Waals surface area contributed by atoms with Crippen LogP contribution in [0.2, 0.25) is 0 Å². The minimum absolute atomic E-state index is 0. The Kier molecular flexibility index (Phi) is 8.37. The Labute approximate surface area is 207 Å². The van der Waals surface area contributed by atoms with E-state index in [1.165, 1.54) is 24.2 Å². The number of carboxylic acid groups (broad SMARTS) is 1. The minimum Gasteiger partial charge on any atom is -1.00 e. The molecule has 0 saturated carbocycles. The van der Waals surface area contributed by atoms with Gasteiger partial charge in [-0.25, -0.2) is 4.79 Å². The van der Waals surface area contributed by atoms with Gasteiger partial charge in [0.15, 0.2) is 11.8 Å². The number of aryl methyl sites for hydroxylation is 2. The van der Waals surface area contributed by atoms with Crippen LogP contribution in [0.5, 0.6) is 0 Å². The van der Waals surface area contributed by atoms with E-state index in [9.17, 15) is 24.3 Å². The number of nitrogens with one attached hydrogen (secondary N) is 2. The van der Waals surface area contributed by atoms with E-state index in [-0.39, 0.29) is 31.0 Å². The molecule has 10 nitrogen and oxygen atoms in total. The third kappa shape index (κ3) is 5.64. The fraction of sp³-hybridized carbons (Fsp3) is 0.286. The van der Waals surface area contributed by atoms with Crippen molar-refractivity contribution in [3.8, 4) is 11.1 Å². The van der Waals surface area contributed by atoms with Crippen LogP contribution in [0.4, 0.5) is 4.79 Å². The zero-order chi connectivity index (χ0) is 22.7. The predicted octanol–water partition coefficient (Wildman–Crippen LogP) is -1.19. The standard InChI is InChI=1S/C21H22N4O6.Na.H/c1-11-18(12(2)31-24-11)14-6-4-5-13(9-14)15(10-17(27)28)22-21(30)23-19-16(26)7-8-25(3)20(19)29;;/h4-9,15,19H,10H2,1-3H3,(H,27,28)(H2,22,23,30);;/q;+1;-1/t15-,19?;;/m0../s1. The molecule has 2 atom stereocenters. The van der Waals surface area contributed by atoms with Gasteiger partial charge in [-0.05, 0) is 31.0 Å². The summed E-state index contributed by atoms with van der Waals surface area (Å²) in [7, 11) is 1.46. The largest absolute Gasteiger partial charge is 1.00 e. The summed E-state index contributed by atoms with van der Waals surface area (Å²) in [4.78, 5) is 49.2. The Balaban J connectivity index is 0.00000272. The van der Waals surface area contributed by atoms with Gasteiger partial charge >= 0.3 is 41.6 Å². The molecule has 0 fully saturated rings. The van der Waals surface area contributed by atoms with Gasteiger partial charge in [0.05, 0.1) is 18.2 Å². The number of carbonyl (C=O) groups is 4. The van der Waals surface area contributed by atoms with Crippen LogP contribution >= 0.6 is 0 Å². The Morgan fingerprint density at radius 3 is 2.66 bits per heavy atom. The molecule has 1 aromatic heterocycles. The average molecular weight is 450 g/mol. The van der Waals surface area contributed by atoms with Crippen LogP contribution < -0.4 is 40.2 Å². The maximum atomic E-state index is 12.5. The van der Waals surface area contributed by atoms with Crippen LogP contribution in [0, 0.1) is 13.8 Å². The number of hydrogen-bond acceptors (Lipinski definition) is 6. The molecule has 0 aliphatic carbocycles. The molecule has 2 aromatic rings. The SMILES string of the molecule is Cc1noc(C)c1-c1cccc([C@H](CC(=O)O)NC(=O)NC2C(=O)C=CN(C)C2=O)c1.[H-].[Na+]. The molecule has 0 spiro atoms. The Hall–Kier alpha value is -2.95. The minimum atomic E-state index is -1.37. The van der Waals surface area contributed by atoms with Crippen molar-refractivity contribution >= 4 is 23.7 Å². The predicted molar refractivity (Wildman–Crippen MR) is 110 cm³/mol. The first-order chi connectivity index (χ1) is 14.7. The Morgan fingerprint density at radius 2 is 2.03 bits per heavy atom. The fourth-order valence-electron chi connectivity index (χ4n) is 3.38. The monoisotopic (exact) mass is 450 g/mol. The van der Waals surface area contributed by atoms with Crippen LogP contribution in [-0.4, -0.2) is 51.9 Å². The molecule has 0 radical (unpaired) electrons. The van der Waals surface area contributed by atoms with Crippen molar-refractivity contribution in [1.29, 1.82) is 0 Å². The molecule has 1 aliphatic heterocycles. The molecule has 32 heavy (non-hydrogen) atoms. The maximum absolute atomic E-state index is 12.5. The molecule has 0 bridgehead atoms. The van der Waals surface area contributed by atoms with E-state index in [0.717, 1.165) is 11.1 Å². The smallest absolute Gasteiger partial charge is 1.00 e. The molecule has 1 aromatic carbocycles. The second-order valence-electron chi connectivity index (χ2n) is 7.19. The number of nitrogens with zero attached hydrogens (tertiary/aromatic N) is 2. The van der Waals surface area contributed by atoms with Crippen LogP contribution in [0.3, 0.4) is 0 Å². The number of carboxylic acids is 1. The number of aromatic nitrogens is 1. The summed E-state index contributed by atoms with van der Waals surface area (Å²) in [5, 5.41) is 18.1. The summed E-state index contributed by atoms with van der Waals surface area (Å²) >= 11 is 0. The summed E-state index contributed by atoms with van der Waals surface area (Å²) in [6.07, 6.45) is 2.10. The topological polar surface area (TPSA) is 142 Å². The summed E-state index contributed by atoms with van der Waals surface area (Å²) in [6.45, 7) is 3.56. The first-order valence-electron chi connectivity index (χ1n) is 9.48. The van der Waals surface area contributed by atoms with Gasteiger partial charge in [-0.1, -0.05) is 23.4 Å². The summed E-state index contributed by atoms with van der Waals surface area (Å²) in [6, 6.07) is 3.89.